The van der Waals surface area contributed by atoms with Crippen molar-refractivity contribution in [3.63, 3.8) is 0 Å². The van der Waals surface area contributed by atoms with E-state index in [4.69, 9.17) is 14.5 Å². The zero-order valence-electron chi connectivity index (χ0n) is 28.0. The van der Waals surface area contributed by atoms with Crippen LogP contribution in [0.2, 0.25) is 0 Å². The van der Waals surface area contributed by atoms with Gasteiger partial charge in [-0.2, -0.15) is 0 Å². The molecule has 0 saturated carbocycles. The predicted octanol–water partition coefficient (Wildman–Crippen LogP) is 8.78. The summed E-state index contributed by atoms with van der Waals surface area (Å²) in [5.41, 5.74) is 4.42. The number of aromatic nitrogens is 1. The Morgan fingerprint density at radius 2 is 1.55 bits per heavy atom. The number of allylic oxidation sites excluding steroid dienone is 2. The SMILES string of the molecule is CC(C)Cc1cccc2nc3c(cc12)C(OC=O)(OC=O)c1cccc2cc[c-]c-3c12.CCC(CC)C(=O)/C=C(\O)C(CC)CC.[Ir]. The average molecular weight is 815 g/mol. The van der Waals surface area contributed by atoms with Gasteiger partial charge in [0.1, 0.15) is 0 Å². The largest absolute Gasteiger partial charge is 0.512 e. The van der Waals surface area contributed by atoms with Crippen molar-refractivity contribution in [3.8, 4) is 11.3 Å². The number of fused-ring (bicyclic) bond motifs is 3. The first-order valence-electron chi connectivity index (χ1n) is 16.2. The maximum Gasteiger partial charge on any atom is 0.296 e. The van der Waals surface area contributed by atoms with E-state index in [-0.39, 0.29) is 43.5 Å². The molecule has 0 saturated heterocycles. The molecular weight excluding hydrogens is 771 g/mol. The molecule has 1 aromatic heterocycles. The van der Waals surface area contributed by atoms with Crippen molar-refractivity contribution in [3.05, 3.63) is 89.2 Å². The van der Waals surface area contributed by atoms with Gasteiger partial charge in [0.15, 0.2) is 5.78 Å². The first kappa shape index (κ1) is 37.6. The zero-order valence-corrected chi connectivity index (χ0v) is 30.4. The number of hydrogen-bond acceptors (Lipinski definition) is 7. The summed E-state index contributed by atoms with van der Waals surface area (Å²) in [7, 11) is 0. The zero-order chi connectivity index (χ0) is 33.4. The number of nitrogens with zero attached hydrogens (tertiary/aromatic N) is 1. The summed E-state index contributed by atoms with van der Waals surface area (Å²) in [4.78, 5) is 39.9. The Hall–Kier alpha value is -3.87. The molecule has 3 aromatic carbocycles. The molecule has 251 valence electrons. The number of hydrogen-bond donors (Lipinski definition) is 1. The monoisotopic (exact) mass is 815 g/mol. The molecule has 0 fully saturated rings. The fourth-order valence-corrected chi connectivity index (χ4v) is 6.39. The Labute approximate surface area is 291 Å². The van der Waals surface area contributed by atoms with Crippen molar-refractivity contribution >= 4 is 40.4 Å². The Morgan fingerprint density at radius 3 is 2.15 bits per heavy atom. The van der Waals surface area contributed by atoms with E-state index in [2.05, 4.69) is 26.0 Å². The minimum Gasteiger partial charge on any atom is -0.512 e. The summed E-state index contributed by atoms with van der Waals surface area (Å²) in [6, 6.07) is 20.6. The molecule has 1 N–H and O–H groups in total. The topological polar surface area (TPSA) is 103 Å². The van der Waals surface area contributed by atoms with Crippen molar-refractivity contribution in [2.45, 2.75) is 79.4 Å². The Balaban J connectivity index is 0.000000322. The van der Waals surface area contributed by atoms with E-state index >= 15 is 0 Å². The normalized spacial score (nSPS) is 13.1. The van der Waals surface area contributed by atoms with Gasteiger partial charge in [-0.15, -0.1) is 29.1 Å². The third kappa shape index (κ3) is 7.66. The van der Waals surface area contributed by atoms with Crippen LogP contribution in [0.5, 0.6) is 0 Å². The van der Waals surface area contributed by atoms with Gasteiger partial charge in [-0.05, 0) is 55.7 Å². The number of aliphatic hydroxyl groups excluding tert-OH is 1. The van der Waals surface area contributed by atoms with Crippen LogP contribution in [-0.2, 0) is 56.2 Å². The van der Waals surface area contributed by atoms with Crippen LogP contribution in [0.1, 0.15) is 83.9 Å². The van der Waals surface area contributed by atoms with Crippen LogP contribution in [0, 0.1) is 23.8 Å². The van der Waals surface area contributed by atoms with Crippen LogP contribution in [0.4, 0.5) is 0 Å². The smallest absolute Gasteiger partial charge is 0.296 e. The van der Waals surface area contributed by atoms with E-state index in [1.807, 2.05) is 70.2 Å². The summed E-state index contributed by atoms with van der Waals surface area (Å²) in [5, 5.41) is 12.4. The summed E-state index contributed by atoms with van der Waals surface area (Å²) < 4.78 is 11.1. The van der Waals surface area contributed by atoms with Crippen LogP contribution in [0.15, 0.2) is 66.4 Å². The van der Waals surface area contributed by atoms with Gasteiger partial charge in [-0.25, -0.2) is 0 Å². The second-order valence-corrected chi connectivity index (χ2v) is 12.1. The first-order chi connectivity index (χ1) is 22.2. The van der Waals surface area contributed by atoms with Gasteiger partial charge in [0.25, 0.3) is 18.7 Å². The summed E-state index contributed by atoms with van der Waals surface area (Å²) >= 11 is 0. The summed E-state index contributed by atoms with van der Waals surface area (Å²) in [6.07, 6.45) is 5.77. The Morgan fingerprint density at radius 1 is 0.915 bits per heavy atom. The van der Waals surface area contributed by atoms with Crippen LogP contribution in [0.25, 0.3) is 32.9 Å². The quantitative estimate of drug-likeness (QED) is 0.0474. The molecule has 1 aliphatic carbocycles. The van der Waals surface area contributed by atoms with E-state index in [1.165, 1.54) is 6.08 Å². The van der Waals surface area contributed by atoms with E-state index in [0.717, 1.165) is 64.9 Å². The minimum atomic E-state index is -1.72. The van der Waals surface area contributed by atoms with Crippen molar-refractivity contribution in [1.82, 2.24) is 4.98 Å². The molecule has 0 bridgehead atoms. The minimum absolute atomic E-state index is 0. The van der Waals surface area contributed by atoms with Crippen molar-refractivity contribution in [2.75, 3.05) is 0 Å². The van der Waals surface area contributed by atoms with E-state index in [9.17, 15) is 19.5 Å². The molecule has 0 amide bonds. The molecule has 0 unspecified atom stereocenters. The van der Waals surface area contributed by atoms with Crippen LogP contribution in [-0.4, -0.2) is 28.8 Å². The first-order valence-corrected chi connectivity index (χ1v) is 16.2. The maximum absolute atomic E-state index is 11.7. The number of aliphatic hydroxyl groups is 1. The fraction of sp³-hybridized carbons (Fsp3) is 0.385. The standard InChI is InChI=1S/C26H20NO4.C13H24O2.Ir/c1-16(2)12-18-8-5-11-23-20(18)13-22-25(27-23)19-9-3-6-17-7-4-10-21(24(17)19)26(22,30-14-28)31-15-29;1-5-10(6-2)12(14)9-13(15)11(7-3)8-4;/h3-8,10-11,13-16H,12H2,1-2H3;9-11,14H,5-8H2,1-4H3;/q-1;;/b;12-9-;. The van der Waals surface area contributed by atoms with Gasteiger partial charge >= 0.3 is 0 Å². The third-order valence-electron chi connectivity index (χ3n) is 8.87. The molecule has 0 atom stereocenters. The van der Waals surface area contributed by atoms with Gasteiger partial charge in [0, 0.05) is 60.2 Å². The number of benzene rings is 3. The maximum atomic E-state index is 11.7. The van der Waals surface area contributed by atoms with Crippen LogP contribution < -0.4 is 0 Å². The molecular formula is C39H44IrNO6-. The number of pyridine rings is 1. The third-order valence-corrected chi connectivity index (χ3v) is 8.87. The molecule has 1 aliphatic rings. The molecule has 4 aromatic rings. The summed E-state index contributed by atoms with van der Waals surface area (Å²) in [6.45, 7) is 13.0. The van der Waals surface area contributed by atoms with Gasteiger partial charge in [-0.3, -0.25) is 19.4 Å². The van der Waals surface area contributed by atoms with Gasteiger partial charge < -0.3 is 14.6 Å². The van der Waals surface area contributed by atoms with Gasteiger partial charge in [0.05, 0.1) is 11.3 Å². The predicted molar refractivity (Wildman–Crippen MR) is 181 cm³/mol. The second-order valence-electron chi connectivity index (χ2n) is 12.1. The molecule has 47 heavy (non-hydrogen) atoms. The molecule has 1 radical (unpaired) electrons. The number of ether oxygens (including phenoxy) is 2. The van der Waals surface area contributed by atoms with Crippen molar-refractivity contribution in [2.24, 2.45) is 17.8 Å². The fourth-order valence-electron chi connectivity index (χ4n) is 6.39. The Kier molecular flexibility index (Phi) is 13.4. The summed E-state index contributed by atoms with van der Waals surface area (Å²) in [5.74, 6) is -0.718. The number of carbonyl (C=O) groups excluding carboxylic acids is 3. The molecule has 1 heterocycles. The van der Waals surface area contributed by atoms with Crippen molar-refractivity contribution < 1.29 is 49.1 Å². The number of ketones is 1. The average Bonchev–Trinajstić information content (AvgIpc) is 3.04. The van der Waals surface area contributed by atoms with Gasteiger partial charge in [-0.1, -0.05) is 77.3 Å². The molecule has 7 nitrogen and oxygen atoms in total. The molecule has 0 aliphatic heterocycles. The Bertz CT molecular complexity index is 1720. The number of carbonyl (C=O) groups is 3. The van der Waals surface area contributed by atoms with E-state index in [1.54, 1.807) is 6.07 Å². The van der Waals surface area contributed by atoms with Crippen molar-refractivity contribution in [1.29, 1.82) is 0 Å². The molecule has 8 heteroatoms. The van der Waals surface area contributed by atoms with Gasteiger partial charge in [0.2, 0.25) is 0 Å². The second kappa shape index (κ2) is 16.8. The number of rotatable bonds is 13. The van der Waals surface area contributed by atoms with Crippen LogP contribution in [0.3, 0.4) is 0 Å². The molecule has 5 rings (SSSR count). The van der Waals surface area contributed by atoms with E-state index < -0.39 is 5.79 Å². The van der Waals surface area contributed by atoms with Crippen LogP contribution >= 0.6 is 0 Å². The molecule has 0 spiro atoms. The van der Waals surface area contributed by atoms with E-state index in [0.29, 0.717) is 35.7 Å².